The van der Waals surface area contributed by atoms with Gasteiger partial charge in [-0.25, -0.2) is 9.97 Å². The molecular weight excluding hydrogens is 216 g/mol. The molecule has 17 heavy (non-hydrogen) atoms. The predicted octanol–water partition coefficient (Wildman–Crippen LogP) is 1.31. The molecule has 0 atom stereocenters. The number of hydrogen-bond acceptors (Lipinski definition) is 5. The molecule has 0 amide bonds. The van der Waals surface area contributed by atoms with Crippen molar-refractivity contribution >= 4 is 11.6 Å². The van der Waals surface area contributed by atoms with Gasteiger partial charge in [0, 0.05) is 32.3 Å². The van der Waals surface area contributed by atoms with Crippen molar-refractivity contribution in [3.8, 4) is 0 Å². The zero-order chi connectivity index (χ0) is 12.1. The van der Waals surface area contributed by atoms with E-state index < -0.39 is 0 Å². The normalized spacial score (nSPS) is 16.7. The van der Waals surface area contributed by atoms with Crippen LogP contribution in [0.3, 0.4) is 0 Å². The summed E-state index contributed by atoms with van der Waals surface area (Å²) in [6.07, 6.45) is 3.62. The van der Waals surface area contributed by atoms with E-state index in [-0.39, 0.29) is 0 Å². The Morgan fingerprint density at radius 1 is 1.35 bits per heavy atom. The first-order valence-electron chi connectivity index (χ1n) is 6.21. The summed E-state index contributed by atoms with van der Waals surface area (Å²) in [6, 6.07) is 0. The standard InChI is InChI=1S/C12H20N4O/c1-3-10-11(13-2)14-9-15-12(10)16-5-4-7-17-8-6-16/h9H,3-8H2,1-2H3,(H,13,14,15). The van der Waals surface area contributed by atoms with E-state index in [1.807, 2.05) is 7.05 Å². The average molecular weight is 236 g/mol. The Balaban J connectivity index is 2.29. The number of hydrogen-bond donors (Lipinski definition) is 1. The molecule has 5 nitrogen and oxygen atoms in total. The Morgan fingerprint density at radius 3 is 3.00 bits per heavy atom. The van der Waals surface area contributed by atoms with E-state index in [4.69, 9.17) is 4.74 Å². The minimum absolute atomic E-state index is 0.780. The molecule has 1 N–H and O–H groups in total. The van der Waals surface area contributed by atoms with Gasteiger partial charge in [-0.15, -0.1) is 0 Å². The zero-order valence-electron chi connectivity index (χ0n) is 10.6. The fourth-order valence-corrected chi connectivity index (χ4v) is 2.17. The third-order valence-electron chi connectivity index (χ3n) is 3.03. The van der Waals surface area contributed by atoms with Crippen molar-refractivity contribution in [1.82, 2.24) is 9.97 Å². The molecule has 0 saturated carbocycles. The van der Waals surface area contributed by atoms with Gasteiger partial charge < -0.3 is 15.0 Å². The van der Waals surface area contributed by atoms with Crippen molar-refractivity contribution in [2.24, 2.45) is 0 Å². The first kappa shape index (κ1) is 12.1. The Morgan fingerprint density at radius 2 is 2.24 bits per heavy atom. The number of nitrogens with one attached hydrogen (secondary N) is 1. The first-order chi connectivity index (χ1) is 8.36. The summed E-state index contributed by atoms with van der Waals surface area (Å²) in [4.78, 5) is 11.0. The van der Waals surface area contributed by atoms with Crippen LogP contribution in [0.1, 0.15) is 18.9 Å². The van der Waals surface area contributed by atoms with E-state index >= 15 is 0 Å². The fourth-order valence-electron chi connectivity index (χ4n) is 2.17. The van der Waals surface area contributed by atoms with Gasteiger partial charge in [-0.1, -0.05) is 6.92 Å². The van der Waals surface area contributed by atoms with Gasteiger partial charge in [0.05, 0.1) is 6.61 Å². The summed E-state index contributed by atoms with van der Waals surface area (Å²) in [5.41, 5.74) is 1.19. The summed E-state index contributed by atoms with van der Waals surface area (Å²) < 4.78 is 5.48. The summed E-state index contributed by atoms with van der Waals surface area (Å²) in [5, 5.41) is 3.13. The van der Waals surface area contributed by atoms with Crippen LogP contribution in [-0.4, -0.2) is 43.3 Å². The Hall–Kier alpha value is -1.36. The fraction of sp³-hybridized carbons (Fsp3) is 0.667. The molecule has 1 aliphatic rings. The van der Waals surface area contributed by atoms with Gasteiger partial charge in [-0.2, -0.15) is 0 Å². The van der Waals surface area contributed by atoms with Crippen molar-refractivity contribution in [2.45, 2.75) is 19.8 Å². The first-order valence-corrected chi connectivity index (χ1v) is 6.21. The molecule has 1 aliphatic heterocycles. The van der Waals surface area contributed by atoms with Crippen LogP contribution in [0.2, 0.25) is 0 Å². The van der Waals surface area contributed by atoms with E-state index in [2.05, 4.69) is 27.1 Å². The molecule has 1 aromatic heterocycles. The summed E-state index contributed by atoms with van der Waals surface area (Å²) in [6.45, 7) is 5.68. The molecule has 2 heterocycles. The van der Waals surface area contributed by atoms with Crippen molar-refractivity contribution in [3.63, 3.8) is 0 Å². The van der Waals surface area contributed by atoms with Crippen LogP contribution in [0.4, 0.5) is 11.6 Å². The monoisotopic (exact) mass is 236 g/mol. The van der Waals surface area contributed by atoms with Gasteiger partial charge in [-0.3, -0.25) is 0 Å². The maximum absolute atomic E-state index is 5.48. The maximum atomic E-state index is 5.48. The molecule has 0 aliphatic carbocycles. The number of nitrogens with zero attached hydrogens (tertiary/aromatic N) is 3. The second kappa shape index (κ2) is 5.82. The lowest BCUT2D eigenvalue weighted by molar-refractivity contribution is 0.152. The summed E-state index contributed by atoms with van der Waals surface area (Å²) in [5.74, 6) is 1.99. The van der Waals surface area contributed by atoms with Crippen LogP contribution in [0, 0.1) is 0 Å². The molecule has 5 heteroatoms. The lowest BCUT2D eigenvalue weighted by Gasteiger charge is -2.24. The topological polar surface area (TPSA) is 50.3 Å². The summed E-state index contributed by atoms with van der Waals surface area (Å²) in [7, 11) is 1.90. The highest BCUT2D eigenvalue weighted by Gasteiger charge is 2.16. The quantitative estimate of drug-likeness (QED) is 0.857. The van der Waals surface area contributed by atoms with Crippen LogP contribution in [0.15, 0.2) is 6.33 Å². The molecule has 0 radical (unpaired) electrons. The van der Waals surface area contributed by atoms with Gasteiger partial charge in [0.25, 0.3) is 0 Å². The number of ether oxygens (including phenoxy) is 1. The Kier molecular flexibility index (Phi) is 4.14. The Labute approximate surface area is 102 Å². The van der Waals surface area contributed by atoms with Crippen molar-refractivity contribution in [2.75, 3.05) is 43.6 Å². The highest BCUT2D eigenvalue weighted by molar-refractivity contribution is 5.58. The van der Waals surface area contributed by atoms with E-state index in [1.165, 1.54) is 5.56 Å². The van der Waals surface area contributed by atoms with Gasteiger partial charge in [-0.05, 0) is 12.8 Å². The van der Waals surface area contributed by atoms with E-state index in [9.17, 15) is 0 Å². The maximum Gasteiger partial charge on any atom is 0.137 e. The predicted molar refractivity (Wildman–Crippen MR) is 68.6 cm³/mol. The van der Waals surface area contributed by atoms with Gasteiger partial charge in [0.2, 0.25) is 0 Å². The third kappa shape index (κ3) is 2.66. The average Bonchev–Trinajstić information content (AvgIpc) is 2.66. The molecular formula is C12H20N4O. The van der Waals surface area contributed by atoms with E-state index in [0.29, 0.717) is 0 Å². The molecule has 0 spiro atoms. The van der Waals surface area contributed by atoms with Gasteiger partial charge in [0.1, 0.15) is 18.0 Å². The second-order valence-electron chi connectivity index (χ2n) is 4.08. The van der Waals surface area contributed by atoms with E-state index in [1.54, 1.807) is 6.33 Å². The van der Waals surface area contributed by atoms with E-state index in [0.717, 1.165) is 50.8 Å². The molecule has 0 unspecified atom stereocenters. The largest absolute Gasteiger partial charge is 0.380 e. The molecule has 1 fully saturated rings. The lowest BCUT2D eigenvalue weighted by Crippen LogP contribution is -2.28. The molecule has 0 aromatic carbocycles. The van der Waals surface area contributed by atoms with Crippen molar-refractivity contribution < 1.29 is 4.74 Å². The van der Waals surface area contributed by atoms with Crippen LogP contribution in [-0.2, 0) is 11.2 Å². The highest BCUT2D eigenvalue weighted by atomic mass is 16.5. The lowest BCUT2D eigenvalue weighted by atomic mass is 10.2. The van der Waals surface area contributed by atoms with Crippen LogP contribution in [0.5, 0.6) is 0 Å². The molecule has 1 aromatic rings. The highest BCUT2D eigenvalue weighted by Crippen LogP contribution is 2.24. The molecule has 0 bridgehead atoms. The Bertz CT molecular complexity index is 362. The number of aromatic nitrogens is 2. The third-order valence-corrected chi connectivity index (χ3v) is 3.03. The number of rotatable bonds is 3. The molecule has 2 rings (SSSR count). The van der Waals surface area contributed by atoms with Gasteiger partial charge >= 0.3 is 0 Å². The van der Waals surface area contributed by atoms with Gasteiger partial charge in [0.15, 0.2) is 0 Å². The minimum Gasteiger partial charge on any atom is -0.380 e. The summed E-state index contributed by atoms with van der Waals surface area (Å²) >= 11 is 0. The van der Waals surface area contributed by atoms with Crippen molar-refractivity contribution in [1.29, 1.82) is 0 Å². The smallest absolute Gasteiger partial charge is 0.137 e. The second-order valence-corrected chi connectivity index (χ2v) is 4.08. The molecule has 1 saturated heterocycles. The molecule has 94 valence electrons. The van der Waals surface area contributed by atoms with Crippen LogP contribution < -0.4 is 10.2 Å². The van der Waals surface area contributed by atoms with Crippen molar-refractivity contribution in [3.05, 3.63) is 11.9 Å². The SMILES string of the molecule is CCc1c(NC)ncnc1N1CCCOCC1. The van der Waals surface area contributed by atoms with Crippen LogP contribution in [0.25, 0.3) is 0 Å². The zero-order valence-corrected chi connectivity index (χ0v) is 10.6. The number of anilines is 2. The van der Waals surface area contributed by atoms with Crippen LogP contribution >= 0.6 is 0 Å². The minimum atomic E-state index is 0.780.